The minimum absolute atomic E-state index is 0.164. The summed E-state index contributed by atoms with van der Waals surface area (Å²) in [4.78, 5) is 13.1. The number of allylic oxidation sites excluding steroid dienone is 1. The lowest BCUT2D eigenvalue weighted by Gasteiger charge is -2.23. The normalized spacial score (nSPS) is 25.2. The van der Waals surface area contributed by atoms with E-state index < -0.39 is 12.1 Å². The van der Waals surface area contributed by atoms with Crippen molar-refractivity contribution in [3.05, 3.63) is 32.4 Å². The van der Waals surface area contributed by atoms with Gasteiger partial charge in [-0.15, -0.1) is 11.3 Å². The van der Waals surface area contributed by atoms with Gasteiger partial charge in [0.2, 0.25) is 0 Å². The second kappa shape index (κ2) is 13.0. The summed E-state index contributed by atoms with van der Waals surface area (Å²) in [6.07, 6.45) is 10.6. The maximum absolute atomic E-state index is 10.6. The van der Waals surface area contributed by atoms with E-state index in [1.54, 1.807) is 11.3 Å². The van der Waals surface area contributed by atoms with Gasteiger partial charge in [-0.2, -0.15) is 0 Å². The lowest BCUT2D eigenvalue weighted by Crippen LogP contribution is -2.19. The quantitative estimate of drug-likeness (QED) is 0.197. The molecule has 1 unspecified atom stereocenters. The summed E-state index contributed by atoms with van der Waals surface area (Å²) < 4.78 is 1.13. The molecule has 5 atom stereocenters. The highest BCUT2D eigenvalue weighted by molar-refractivity contribution is 9.10. The van der Waals surface area contributed by atoms with Gasteiger partial charge in [-0.05, 0) is 78.8 Å². The maximum atomic E-state index is 10.6. The van der Waals surface area contributed by atoms with Crippen LogP contribution in [0.4, 0.5) is 0 Å². The number of aryl methyl sites for hydroxylation is 2. The molecule has 1 aliphatic rings. The molecule has 0 amide bonds. The van der Waals surface area contributed by atoms with Crippen LogP contribution >= 0.6 is 27.3 Å². The van der Waals surface area contributed by atoms with Crippen molar-refractivity contribution in [2.24, 2.45) is 17.8 Å². The highest BCUT2D eigenvalue weighted by Gasteiger charge is 2.39. The molecule has 2 radical (unpaired) electrons. The van der Waals surface area contributed by atoms with Crippen LogP contribution < -0.4 is 0 Å². The monoisotopic (exact) mass is 496 g/mol. The zero-order valence-electron chi connectivity index (χ0n) is 17.8. The van der Waals surface area contributed by atoms with Crippen molar-refractivity contribution in [3.8, 4) is 0 Å². The SMILES string of the molecule is [B]C[C@@H]1CC(O)[C@H](CCCCCCC(=O)O)[C@H]1C=C[C@@H](O)CCc1cc(Br)c(C)s1. The number of hydrogen-bond acceptors (Lipinski definition) is 4. The Labute approximate surface area is 194 Å². The Morgan fingerprint density at radius 2 is 2.10 bits per heavy atom. The Balaban J connectivity index is 1.83. The smallest absolute Gasteiger partial charge is 0.303 e. The van der Waals surface area contributed by atoms with Crippen molar-refractivity contribution >= 4 is 41.1 Å². The number of carboxylic acids is 1. The molecular formula is C23H34BBrO4S. The van der Waals surface area contributed by atoms with Crippen molar-refractivity contribution in [2.75, 3.05) is 0 Å². The van der Waals surface area contributed by atoms with Crippen molar-refractivity contribution in [1.29, 1.82) is 0 Å². The molecule has 1 heterocycles. The van der Waals surface area contributed by atoms with Gasteiger partial charge < -0.3 is 15.3 Å². The largest absolute Gasteiger partial charge is 0.481 e. The first-order chi connectivity index (χ1) is 14.3. The summed E-state index contributed by atoms with van der Waals surface area (Å²) in [5.41, 5.74) is 0. The zero-order chi connectivity index (χ0) is 22.1. The fourth-order valence-electron chi connectivity index (χ4n) is 4.48. The number of aliphatic hydroxyl groups is 2. The molecule has 0 aliphatic heterocycles. The van der Waals surface area contributed by atoms with Crippen LogP contribution in [0.2, 0.25) is 6.32 Å². The fraction of sp³-hybridized carbons (Fsp3) is 0.696. The highest BCUT2D eigenvalue weighted by Crippen LogP contribution is 2.42. The van der Waals surface area contributed by atoms with Crippen LogP contribution in [0.1, 0.15) is 61.1 Å². The van der Waals surface area contributed by atoms with Crippen LogP contribution in [0.5, 0.6) is 0 Å². The molecular weight excluding hydrogens is 463 g/mol. The number of aliphatic carboxylic acids is 1. The van der Waals surface area contributed by atoms with Gasteiger partial charge in [0, 0.05) is 20.6 Å². The van der Waals surface area contributed by atoms with Gasteiger partial charge in [-0.1, -0.05) is 37.7 Å². The fourth-order valence-corrected chi connectivity index (χ4v) is 6.10. The summed E-state index contributed by atoms with van der Waals surface area (Å²) in [6.45, 7) is 2.08. The minimum atomic E-state index is -0.738. The van der Waals surface area contributed by atoms with Crippen LogP contribution in [0, 0.1) is 24.7 Å². The molecule has 1 fully saturated rings. The number of aliphatic hydroxyl groups excluding tert-OH is 2. The van der Waals surface area contributed by atoms with E-state index in [1.807, 2.05) is 6.08 Å². The summed E-state index contributed by atoms with van der Waals surface area (Å²) in [5, 5.41) is 29.7. The first kappa shape index (κ1) is 25.6. The molecule has 0 saturated heterocycles. The molecule has 30 heavy (non-hydrogen) atoms. The first-order valence-electron chi connectivity index (χ1n) is 11.0. The third kappa shape index (κ3) is 8.14. The Morgan fingerprint density at radius 3 is 2.73 bits per heavy atom. The van der Waals surface area contributed by atoms with Crippen molar-refractivity contribution in [1.82, 2.24) is 0 Å². The summed E-state index contributed by atoms with van der Waals surface area (Å²) in [7, 11) is 5.96. The lowest BCUT2D eigenvalue weighted by atomic mass is 9.79. The topological polar surface area (TPSA) is 77.8 Å². The standard InChI is InChI=1S/C23H34BBrO4S/c1-15-21(25)13-18(30-15)10-8-17(26)9-11-19-16(14-24)12-22(27)20(19)6-4-2-3-5-7-23(28)29/h9,11,13,16-17,19-20,22,26-27H,2-8,10,12,14H2,1H3,(H,28,29)/t16-,17-,19-,20+,22?/m0/s1. The molecule has 1 saturated carbocycles. The molecule has 1 aromatic rings. The number of hydrogen-bond donors (Lipinski definition) is 3. The van der Waals surface area contributed by atoms with Crippen LogP contribution in [-0.2, 0) is 11.2 Å². The molecule has 166 valence electrons. The predicted octanol–water partition coefficient (Wildman–Crippen LogP) is 5.29. The van der Waals surface area contributed by atoms with E-state index in [4.69, 9.17) is 13.0 Å². The summed E-state index contributed by atoms with van der Waals surface area (Å²) in [6, 6.07) is 2.13. The van der Waals surface area contributed by atoms with E-state index >= 15 is 0 Å². The third-order valence-corrected chi connectivity index (χ3v) is 8.40. The molecule has 4 nitrogen and oxygen atoms in total. The molecule has 0 bridgehead atoms. The Kier molecular flexibility index (Phi) is 11.1. The maximum Gasteiger partial charge on any atom is 0.303 e. The van der Waals surface area contributed by atoms with Crippen molar-refractivity contribution in [3.63, 3.8) is 0 Å². The van der Waals surface area contributed by atoms with Crippen LogP contribution in [0.25, 0.3) is 0 Å². The van der Waals surface area contributed by atoms with Crippen LogP contribution in [0.15, 0.2) is 22.7 Å². The van der Waals surface area contributed by atoms with E-state index in [0.717, 1.165) is 36.6 Å². The Hall–Kier alpha value is -0.625. The second-order valence-electron chi connectivity index (χ2n) is 8.49. The lowest BCUT2D eigenvalue weighted by molar-refractivity contribution is -0.137. The van der Waals surface area contributed by atoms with E-state index in [-0.39, 0.29) is 30.3 Å². The number of halogens is 1. The first-order valence-corrected chi connectivity index (χ1v) is 12.6. The van der Waals surface area contributed by atoms with Gasteiger partial charge >= 0.3 is 5.97 Å². The summed E-state index contributed by atoms with van der Waals surface area (Å²) in [5.74, 6) is -0.136. The number of carboxylic acid groups (broad SMARTS) is 1. The number of carbonyl (C=O) groups is 1. The number of thiophene rings is 1. The average molecular weight is 497 g/mol. The molecule has 0 aromatic carbocycles. The van der Waals surface area contributed by atoms with Gasteiger partial charge in [0.05, 0.1) is 20.1 Å². The molecule has 7 heteroatoms. The highest BCUT2D eigenvalue weighted by atomic mass is 79.9. The van der Waals surface area contributed by atoms with Gasteiger partial charge in [0.1, 0.15) is 0 Å². The zero-order valence-corrected chi connectivity index (χ0v) is 20.2. The van der Waals surface area contributed by atoms with Crippen molar-refractivity contribution < 1.29 is 20.1 Å². The van der Waals surface area contributed by atoms with E-state index in [0.29, 0.717) is 25.6 Å². The average Bonchev–Trinajstić information content (AvgIpc) is 3.19. The van der Waals surface area contributed by atoms with Crippen LogP contribution in [-0.4, -0.2) is 41.3 Å². The predicted molar refractivity (Wildman–Crippen MR) is 127 cm³/mol. The van der Waals surface area contributed by atoms with E-state index in [9.17, 15) is 15.0 Å². The molecule has 0 spiro atoms. The van der Waals surface area contributed by atoms with Gasteiger partial charge in [0.25, 0.3) is 0 Å². The van der Waals surface area contributed by atoms with E-state index in [2.05, 4.69) is 35.0 Å². The number of unbranched alkanes of at least 4 members (excludes halogenated alkanes) is 3. The minimum Gasteiger partial charge on any atom is -0.481 e. The second-order valence-corrected chi connectivity index (χ2v) is 10.7. The van der Waals surface area contributed by atoms with Gasteiger partial charge in [-0.25, -0.2) is 0 Å². The number of rotatable bonds is 13. The molecule has 2 rings (SSSR count). The van der Waals surface area contributed by atoms with Crippen LogP contribution in [0.3, 0.4) is 0 Å². The molecule has 3 N–H and O–H groups in total. The van der Waals surface area contributed by atoms with Gasteiger partial charge in [-0.3, -0.25) is 4.79 Å². The molecule has 1 aromatic heterocycles. The molecule has 1 aliphatic carbocycles. The Bertz CT molecular complexity index is 673. The third-order valence-electron chi connectivity index (χ3n) is 6.21. The van der Waals surface area contributed by atoms with Gasteiger partial charge in [0.15, 0.2) is 0 Å². The Morgan fingerprint density at radius 1 is 1.37 bits per heavy atom. The van der Waals surface area contributed by atoms with Crippen molar-refractivity contribution in [2.45, 2.75) is 83.2 Å². The van der Waals surface area contributed by atoms with E-state index in [1.165, 1.54) is 9.75 Å². The summed E-state index contributed by atoms with van der Waals surface area (Å²) >= 11 is 5.29.